The molecule has 1 aromatic rings. The molecule has 0 bridgehead atoms. The first-order valence-electron chi connectivity index (χ1n) is 6.40. The third-order valence-corrected chi connectivity index (χ3v) is 3.27. The molecule has 0 spiro atoms. The summed E-state index contributed by atoms with van der Waals surface area (Å²) in [7, 11) is 1.68. The molecule has 0 aliphatic rings. The molecule has 0 aliphatic heterocycles. The number of aliphatic hydroxyl groups excluding tert-OH is 1. The van der Waals surface area contributed by atoms with Crippen molar-refractivity contribution in [3.63, 3.8) is 0 Å². The highest BCUT2D eigenvalue weighted by molar-refractivity contribution is 5.37. The van der Waals surface area contributed by atoms with Crippen molar-refractivity contribution in [3.8, 4) is 5.75 Å². The predicted molar refractivity (Wildman–Crippen MR) is 71.5 cm³/mol. The smallest absolute Gasteiger partial charge is 0.122 e. The molecule has 0 radical (unpaired) electrons. The molecule has 2 heteroatoms. The standard InChI is InChI=1S/C15H24O2/c1-5-6-12(3)14(16)10-13-9-11(2)7-8-15(13)17-4/h7-9,12,14,16H,5-6,10H2,1-4H3. The van der Waals surface area contributed by atoms with Gasteiger partial charge in [-0.25, -0.2) is 0 Å². The fourth-order valence-corrected chi connectivity index (χ4v) is 2.14. The van der Waals surface area contributed by atoms with Crippen molar-refractivity contribution in [2.24, 2.45) is 5.92 Å². The minimum atomic E-state index is -0.286. The van der Waals surface area contributed by atoms with Crippen LogP contribution in [0, 0.1) is 12.8 Å². The van der Waals surface area contributed by atoms with Gasteiger partial charge in [0.15, 0.2) is 0 Å². The number of benzene rings is 1. The summed E-state index contributed by atoms with van der Waals surface area (Å²) in [6.07, 6.45) is 2.57. The molecule has 2 unspecified atom stereocenters. The second kappa shape index (κ2) is 6.65. The van der Waals surface area contributed by atoms with E-state index in [1.807, 2.05) is 12.1 Å². The lowest BCUT2D eigenvalue weighted by Gasteiger charge is -2.19. The van der Waals surface area contributed by atoms with Crippen molar-refractivity contribution in [1.29, 1.82) is 0 Å². The number of aryl methyl sites for hydroxylation is 1. The highest BCUT2D eigenvalue weighted by Gasteiger charge is 2.16. The van der Waals surface area contributed by atoms with Crippen molar-refractivity contribution < 1.29 is 9.84 Å². The first-order chi connectivity index (χ1) is 8.08. The van der Waals surface area contributed by atoms with Crippen LogP contribution in [0.4, 0.5) is 0 Å². The minimum Gasteiger partial charge on any atom is -0.496 e. The maximum Gasteiger partial charge on any atom is 0.122 e. The molecule has 0 amide bonds. The van der Waals surface area contributed by atoms with Gasteiger partial charge in [-0.15, -0.1) is 0 Å². The normalized spacial score (nSPS) is 14.4. The van der Waals surface area contributed by atoms with Gasteiger partial charge >= 0.3 is 0 Å². The van der Waals surface area contributed by atoms with Crippen molar-refractivity contribution in [3.05, 3.63) is 29.3 Å². The largest absolute Gasteiger partial charge is 0.496 e. The van der Waals surface area contributed by atoms with E-state index < -0.39 is 0 Å². The third kappa shape index (κ3) is 4.04. The van der Waals surface area contributed by atoms with Crippen molar-refractivity contribution in [1.82, 2.24) is 0 Å². The Balaban J connectivity index is 2.76. The monoisotopic (exact) mass is 236 g/mol. The summed E-state index contributed by atoms with van der Waals surface area (Å²) in [6.45, 7) is 6.32. The predicted octanol–water partition coefficient (Wildman–Crippen LogP) is 3.34. The lowest BCUT2D eigenvalue weighted by molar-refractivity contribution is 0.111. The number of rotatable bonds is 6. The zero-order valence-corrected chi connectivity index (χ0v) is 11.4. The van der Waals surface area contributed by atoms with Crippen LogP contribution in [0.3, 0.4) is 0 Å². The molecule has 17 heavy (non-hydrogen) atoms. The van der Waals surface area contributed by atoms with Gasteiger partial charge in [0, 0.05) is 6.42 Å². The summed E-state index contributed by atoms with van der Waals surface area (Å²) in [5, 5.41) is 10.2. The van der Waals surface area contributed by atoms with Crippen LogP contribution >= 0.6 is 0 Å². The molecule has 1 rings (SSSR count). The van der Waals surface area contributed by atoms with E-state index in [1.54, 1.807) is 7.11 Å². The van der Waals surface area contributed by atoms with Crippen LogP contribution in [0.5, 0.6) is 5.75 Å². The molecule has 2 atom stereocenters. The molecular formula is C15H24O2. The van der Waals surface area contributed by atoms with Gasteiger partial charge in [0.2, 0.25) is 0 Å². The maximum atomic E-state index is 10.2. The first kappa shape index (κ1) is 14.0. The highest BCUT2D eigenvalue weighted by Crippen LogP contribution is 2.24. The van der Waals surface area contributed by atoms with Crippen molar-refractivity contribution >= 4 is 0 Å². The lowest BCUT2D eigenvalue weighted by Crippen LogP contribution is -2.20. The van der Waals surface area contributed by atoms with E-state index >= 15 is 0 Å². The topological polar surface area (TPSA) is 29.5 Å². The van der Waals surface area contributed by atoms with Gasteiger partial charge in [-0.1, -0.05) is 38.0 Å². The summed E-state index contributed by atoms with van der Waals surface area (Å²) < 4.78 is 5.33. The Morgan fingerprint density at radius 3 is 2.65 bits per heavy atom. The lowest BCUT2D eigenvalue weighted by atomic mass is 9.93. The first-order valence-corrected chi connectivity index (χ1v) is 6.40. The summed E-state index contributed by atoms with van der Waals surface area (Å²) in [5.74, 6) is 1.21. The molecule has 0 aromatic heterocycles. The molecule has 0 aliphatic carbocycles. The SMILES string of the molecule is CCCC(C)C(O)Cc1cc(C)ccc1OC. The van der Waals surface area contributed by atoms with Gasteiger partial charge in [0.1, 0.15) is 5.75 Å². The maximum absolute atomic E-state index is 10.2. The Morgan fingerprint density at radius 1 is 1.35 bits per heavy atom. The van der Waals surface area contributed by atoms with Crippen LogP contribution in [-0.4, -0.2) is 18.3 Å². The average molecular weight is 236 g/mol. The Kier molecular flexibility index (Phi) is 5.49. The Bertz CT molecular complexity index is 347. The molecule has 0 saturated carbocycles. The van der Waals surface area contributed by atoms with Crippen LogP contribution in [0.1, 0.15) is 37.8 Å². The molecule has 96 valence electrons. The number of hydrogen-bond donors (Lipinski definition) is 1. The number of methoxy groups -OCH3 is 1. The Hall–Kier alpha value is -1.02. The average Bonchev–Trinajstić information content (AvgIpc) is 2.29. The summed E-state index contributed by atoms with van der Waals surface area (Å²) in [4.78, 5) is 0. The van der Waals surface area contributed by atoms with Crippen LogP contribution in [0.15, 0.2) is 18.2 Å². The second-order valence-corrected chi connectivity index (χ2v) is 4.85. The van der Waals surface area contributed by atoms with Gasteiger partial charge in [-0.2, -0.15) is 0 Å². The number of ether oxygens (including phenoxy) is 1. The molecule has 0 saturated heterocycles. The Morgan fingerprint density at radius 2 is 2.06 bits per heavy atom. The van der Waals surface area contributed by atoms with E-state index in [1.165, 1.54) is 5.56 Å². The van der Waals surface area contributed by atoms with Gasteiger partial charge in [0.05, 0.1) is 13.2 Å². The van der Waals surface area contributed by atoms with Crippen molar-refractivity contribution in [2.45, 2.75) is 46.1 Å². The van der Waals surface area contributed by atoms with E-state index in [-0.39, 0.29) is 6.10 Å². The van der Waals surface area contributed by atoms with Crippen LogP contribution in [0.2, 0.25) is 0 Å². The van der Waals surface area contributed by atoms with E-state index in [0.717, 1.165) is 24.2 Å². The summed E-state index contributed by atoms with van der Waals surface area (Å²) >= 11 is 0. The zero-order valence-electron chi connectivity index (χ0n) is 11.4. The fourth-order valence-electron chi connectivity index (χ4n) is 2.14. The van der Waals surface area contributed by atoms with E-state index in [9.17, 15) is 5.11 Å². The molecule has 0 fully saturated rings. The fraction of sp³-hybridized carbons (Fsp3) is 0.600. The number of hydrogen-bond acceptors (Lipinski definition) is 2. The molecule has 0 heterocycles. The second-order valence-electron chi connectivity index (χ2n) is 4.85. The zero-order chi connectivity index (χ0) is 12.8. The highest BCUT2D eigenvalue weighted by atomic mass is 16.5. The van der Waals surface area contributed by atoms with Gasteiger partial charge in [0.25, 0.3) is 0 Å². The molecule has 2 nitrogen and oxygen atoms in total. The third-order valence-electron chi connectivity index (χ3n) is 3.27. The molecule has 1 N–H and O–H groups in total. The van der Waals surface area contributed by atoms with Crippen LogP contribution in [-0.2, 0) is 6.42 Å². The van der Waals surface area contributed by atoms with E-state index in [4.69, 9.17) is 4.74 Å². The quantitative estimate of drug-likeness (QED) is 0.821. The molecule has 1 aromatic carbocycles. The van der Waals surface area contributed by atoms with Crippen LogP contribution < -0.4 is 4.74 Å². The van der Waals surface area contributed by atoms with Crippen LogP contribution in [0.25, 0.3) is 0 Å². The molecular weight excluding hydrogens is 212 g/mol. The van der Waals surface area contributed by atoms with E-state index in [2.05, 4.69) is 26.8 Å². The summed E-state index contributed by atoms with van der Waals surface area (Å²) in [6, 6.07) is 6.10. The van der Waals surface area contributed by atoms with E-state index in [0.29, 0.717) is 12.3 Å². The van der Waals surface area contributed by atoms with Gasteiger partial charge in [-0.05, 0) is 30.9 Å². The van der Waals surface area contributed by atoms with Gasteiger partial charge in [-0.3, -0.25) is 0 Å². The number of aliphatic hydroxyl groups is 1. The minimum absolute atomic E-state index is 0.286. The van der Waals surface area contributed by atoms with Gasteiger partial charge < -0.3 is 9.84 Å². The Labute approximate surface area is 105 Å². The summed E-state index contributed by atoms with van der Waals surface area (Å²) in [5.41, 5.74) is 2.30. The van der Waals surface area contributed by atoms with Crippen molar-refractivity contribution in [2.75, 3.05) is 7.11 Å².